The molecule has 30 heavy (non-hydrogen) atoms. The topological polar surface area (TPSA) is 82.7 Å². The van der Waals surface area contributed by atoms with E-state index in [4.69, 9.17) is 21.1 Å². The van der Waals surface area contributed by atoms with Crippen molar-refractivity contribution in [2.24, 2.45) is 0 Å². The number of methoxy groups -OCH3 is 1. The Labute approximate surface area is 178 Å². The van der Waals surface area contributed by atoms with E-state index in [-0.39, 0.29) is 11.4 Å². The summed E-state index contributed by atoms with van der Waals surface area (Å²) in [6, 6.07) is 10.8. The smallest absolute Gasteiger partial charge is 0.334 e. The molecule has 2 aromatic carbocycles. The minimum Gasteiger partial charge on any atom is -0.490 e. The van der Waals surface area contributed by atoms with Crippen LogP contribution in [0.2, 0.25) is 5.02 Å². The zero-order valence-corrected chi connectivity index (χ0v) is 17.4. The van der Waals surface area contributed by atoms with Gasteiger partial charge in [0.05, 0.1) is 36.0 Å². The van der Waals surface area contributed by atoms with Crippen molar-refractivity contribution in [3.63, 3.8) is 0 Å². The molecule has 1 fully saturated rings. The molecular weight excluding hydrogens is 408 g/mol. The van der Waals surface area contributed by atoms with Crippen molar-refractivity contribution >= 4 is 23.0 Å². The highest BCUT2D eigenvalue weighted by molar-refractivity contribution is 6.33. The van der Waals surface area contributed by atoms with Crippen LogP contribution in [0, 0.1) is 17.0 Å². The predicted octanol–water partition coefficient (Wildman–Crippen LogP) is 4.25. The van der Waals surface area contributed by atoms with E-state index >= 15 is 0 Å². The van der Waals surface area contributed by atoms with Gasteiger partial charge >= 0.3 is 5.69 Å². The lowest BCUT2D eigenvalue weighted by Crippen LogP contribution is -2.36. The molecule has 0 saturated carbocycles. The maximum Gasteiger partial charge on any atom is 0.334 e. The Morgan fingerprint density at radius 3 is 2.63 bits per heavy atom. The van der Waals surface area contributed by atoms with E-state index in [1.165, 1.54) is 7.11 Å². The second kappa shape index (κ2) is 8.33. The molecule has 3 aromatic rings. The third-order valence-corrected chi connectivity index (χ3v) is 5.35. The lowest BCUT2D eigenvalue weighted by Gasteiger charge is -2.29. The number of nitro groups is 1. The van der Waals surface area contributed by atoms with Crippen LogP contribution in [-0.2, 0) is 4.74 Å². The summed E-state index contributed by atoms with van der Waals surface area (Å²) in [6.07, 6.45) is 1.77. The summed E-state index contributed by atoms with van der Waals surface area (Å²) < 4.78 is 12.6. The minimum atomic E-state index is -0.428. The Morgan fingerprint density at radius 2 is 1.97 bits per heavy atom. The Hall–Kier alpha value is -3.10. The quantitative estimate of drug-likeness (QED) is 0.446. The van der Waals surface area contributed by atoms with Crippen molar-refractivity contribution < 1.29 is 14.4 Å². The molecular formula is C21H21ClN4O4. The number of hydrogen-bond donors (Lipinski definition) is 0. The van der Waals surface area contributed by atoms with Gasteiger partial charge in [-0.1, -0.05) is 23.7 Å². The van der Waals surface area contributed by atoms with Crippen molar-refractivity contribution in [1.82, 2.24) is 9.55 Å². The summed E-state index contributed by atoms with van der Waals surface area (Å²) in [6.45, 7) is 4.43. The van der Waals surface area contributed by atoms with Crippen LogP contribution in [-0.4, -0.2) is 47.9 Å². The lowest BCUT2D eigenvalue weighted by atomic mass is 10.1. The normalized spacial score (nSPS) is 14.0. The van der Waals surface area contributed by atoms with E-state index in [1.807, 2.05) is 25.1 Å². The number of aromatic nitrogens is 2. The van der Waals surface area contributed by atoms with Crippen LogP contribution in [0.4, 0.5) is 11.4 Å². The second-order valence-corrected chi connectivity index (χ2v) is 7.34. The van der Waals surface area contributed by atoms with Gasteiger partial charge in [0.1, 0.15) is 11.5 Å². The molecule has 0 amide bonds. The third-order valence-electron chi connectivity index (χ3n) is 5.02. The number of ether oxygens (including phenoxy) is 2. The van der Waals surface area contributed by atoms with Crippen LogP contribution in [0.3, 0.4) is 0 Å². The summed E-state index contributed by atoms with van der Waals surface area (Å²) in [4.78, 5) is 18.3. The van der Waals surface area contributed by atoms with Crippen molar-refractivity contribution in [3.05, 3.63) is 63.4 Å². The molecule has 0 atom stereocenters. The first-order chi connectivity index (χ1) is 14.5. The number of rotatable bonds is 5. The summed E-state index contributed by atoms with van der Waals surface area (Å²) >= 11 is 6.41. The number of hydrogen-bond acceptors (Lipinski definition) is 6. The van der Waals surface area contributed by atoms with Gasteiger partial charge in [-0.3, -0.25) is 14.7 Å². The molecule has 2 heterocycles. The molecule has 4 rings (SSSR count). The fourth-order valence-electron chi connectivity index (χ4n) is 3.62. The van der Waals surface area contributed by atoms with Gasteiger partial charge in [-0.25, -0.2) is 4.98 Å². The number of morpholine rings is 1. The van der Waals surface area contributed by atoms with E-state index < -0.39 is 4.92 Å². The Morgan fingerprint density at radius 1 is 1.23 bits per heavy atom. The molecule has 0 bridgehead atoms. The average Bonchev–Trinajstić information content (AvgIpc) is 3.14. The van der Waals surface area contributed by atoms with Gasteiger partial charge in [0.25, 0.3) is 0 Å². The van der Waals surface area contributed by atoms with E-state index in [0.717, 1.165) is 11.4 Å². The Balaban J connectivity index is 1.96. The average molecular weight is 429 g/mol. The number of nitro benzene ring substituents is 1. The van der Waals surface area contributed by atoms with Crippen molar-refractivity contribution in [2.45, 2.75) is 6.92 Å². The van der Waals surface area contributed by atoms with Gasteiger partial charge in [-0.15, -0.1) is 0 Å². The molecule has 1 aromatic heterocycles. The predicted molar refractivity (Wildman–Crippen MR) is 115 cm³/mol. The highest BCUT2D eigenvalue weighted by atomic mass is 35.5. The fraction of sp³-hybridized carbons (Fsp3) is 0.286. The number of halogens is 1. The van der Waals surface area contributed by atoms with Gasteiger partial charge in [0.2, 0.25) is 5.75 Å². The number of benzene rings is 2. The summed E-state index contributed by atoms with van der Waals surface area (Å²) in [7, 11) is 1.43. The maximum absolute atomic E-state index is 12.0. The molecule has 0 unspecified atom stereocenters. The molecule has 156 valence electrons. The second-order valence-electron chi connectivity index (χ2n) is 6.93. The van der Waals surface area contributed by atoms with Crippen LogP contribution in [0.25, 0.3) is 17.1 Å². The van der Waals surface area contributed by atoms with E-state index in [0.29, 0.717) is 48.4 Å². The third kappa shape index (κ3) is 3.71. The van der Waals surface area contributed by atoms with Gasteiger partial charge in [0, 0.05) is 36.6 Å². The van der Waals surface area contributed by atoms with Gasteiger partial charge < -0.3 is 14.4 Å². The Bertz CT molecular complexity index is 1090. The molecule has 0 radical (unpaired) electrons. The summed E-state index contributed by atoms with van der Waals surface area (Å²) in [5.74, 6) is 0.720. The molecule has 0 aliphatic carbocycles. The monoisotopic (exact) mass is 428 g/mol. The molecule has 8 nitrogen and oxygen atoms in total. The van der Waals surface area contributed by atoms with Crippen LogP contribution in [0.5, 0.6) is 5.75 Å². The van der Waals surface area contributed by atoms with Gasteiger partial charge in [0.15, 0.2) is 0 Å². The van der Waals surface area contributed by atoms with E-state index in [9.17, 15) is 10.1 Å². The number of anilines is 1. The number of imidazole rings is 1. The minimum absolute atomic E-state index is 0.125. The number of aryl methyl sites for hydroxylation is 1. The molecule has 0 N–H and O–H groups in total. The standard InChI is InChI=1S/C21H21ClN4O4/c1-14-13-25(21(23-14)16-5-3-4-6-17(16)22)18-11-15(24-7-9-30-10-8-24)12-19(29-2)20(18)26(27)28/h3-6,11-13H,7-10H2,1-2H3. The zero-order chi connectivity index (χ0) is 21.3. The lowest BCUT2D eigenvalue weighted by molar-refractivity contribution is -0.385. The first-order valence-electron chi connectivity index (χ1n) is 9.50. The highest BCUT2D eigenvalue weighted by Crippen LogP contribution is 2.40. The molecule has 1 aliphatic rings. The molecule has 9 heteroatoms. The van der Waals surface area contributed by atoms with Crippen molar-refractivity contribution in [2.75, 3.05) is 38.3 Å². The fourth-order valence-corrected chi connectivity index (χ4v) is 3.84. The summed E-state index contributed by atoms with van der Waals surface area (Å²) in [5, 5.41) is 12.5. The van der Waals surface area contributed by atoms with Crippen LogP contribution in [0.15, 0.2) is 42.6 Å². The largest absolute Gasteiger partial charge is 0.490 e. The highest BCUT2D eigenvalue weighted by Gasteiger charge is 2.28. The zero-order valence-electron chi connectivity index (χ0n) is 16.7. The van der Waals surface area contributed by atoms with Crippen molar-refractivity contribution in [1.29, 1.82) is 0 Å². The molecule has 0 spiro atoms. The first-order valence-corrected chi connectivity index (χ1v) is 9.87. The maximum atomic E-state index is 12.0. The Kier molecular flexibility index (Phi) is 5.61. The van der Waals surface area contributed by atoms with Crippen LogP contribution < -0.4 is 9.64 Å². The number of nitrogens with zero attached hydrogens (tertiary/aromatic N) is 4. The van der Waals surface area contributed by atoms with Crippen LogP contribution in [0.1, 0.15) is 5.69 Å². The molecule has 1 aliphatic heterocycles. The van der Waals surface area contributed by atoms with Crippen molar-refractivity contribution in [3.8, 4) is 22.8 Å². The first kappa shape index (κ1) is 20.2. The van der Waals surface area contributed by atoms with Crippen LogP contribution >= 0.6 is 11.6 Å². The molecule has 1 saturated heterocycles. The van der Waals surface area contributed by atoms with Gasteiger partial charge in [-0.05, 0) is 25.1 Å². The van der Waals surface area contributed by atoms with Gasteiger partial charge in [-0.2, -0.15) is 0 Å². The van der Waals surface area contributed by atoms with E-state index in [1.54, 1.807) is 29.0 Å². The summed E-state index contributed by atoms with van der Waals surface area (Å²) in [5.41, 5.74) is 2.48. The SMILES string of the molecule is COc1cc(N2CCOCC2)cc(-n2cc(C)nc2-c2ccccc2Cl)c1[N+](=O)[O-]. The van der Waals surface area contributed by atoms with E-state index in [2.05, 4.69) is 9.88 Å².